The summed E-state index contributed by atoms with van der Waals surface area (Å²) in [6.45, 7) is 5.27. The van der Waals surface area contributed by atoms with Gasteiger partial charge in [0.05, 0.1) is 29.8 Å². The van der Waals surface area contributed by atoms with Crippen molar-refractivity contribution in [1.82, 2.24) is 10.2 Å². The highest BCUT2D eigenvalue weighted by Crippen LogP contribution is 2.42. The molecule has 2 aromatic rings. The topological polar surface area (TPSA) is 41.6 Å². The van der Waals surface area contributed by atoms with Crippen LogP contribution in [0, 0.1) is 0 Å². The van der Waals surface area contributed by atoms with Gasteiger partial charge in [-0.05, 0) is 57.5 Å². The van der Waals surface area contributed by atoms with Crippen LogP contribution in [0.15, 0.2) is 42.5 Å². The fourth-order valence-electron chi connectivity index (χ4n) is 4.39. The first-order valence-electron chi connectivity index (χ1n) is 10.7. The molecular weight excluding hydrogens is 462 g/mol. The molecule has 1 aliphatic rings. The highest BCUT2D eigenvalue weighted by atomic mass is 19.4. The summed E-state index contributed by atoms with van der Waals surface area (Å²) in [5.41, 5.74) is -4.27. The Morgan fingerprint density at radius 3 is 2.06 bits per heavy atom. The maximum absolute atomic E-state index is 13.8. The summed E-state index contributed by atoms with van der Waals surface area (Å²) < 4.78 is 86.0. The van der Waals surface area contributed by atoms with E-state index in [2.05, 4.69) is 10.2 Å². The number of hydrogen-bond acceptors (Lipinski definition) is 3. The molecule has 1 aliphatic heterocycles. The molecule has 2 aromatic carbocycles. The number of ether oxygens (including phenoxy) is 1. The largest absolute Gasteiger partial charge is 0.496 e. The molecule has 0 spiro atoms. The van der Waals surface area contributed by atoms with Gasteiger partial charge in [0.1, 0.15) is 5.75 Å². The molecule has 0 bridgehead atoms. The zero-order chi connectivity index (χ0) is 25.3. The highest BCUT2D eigenvalue weighted by Gasteiger charge is 2.44. The number of methoxy groups -OCH3 is 1. The Hall–Kier alpha value is -2.75. The van der Waals surface area contributed by atoms with Crippen LogP contribution in [-0.2, 0) is 12.4 Å². The van der Waals surface area contributed by atoms with E-state index in [0.717, 1.165) is 33.0 Å². The number of likely N-dealkylation sites (tertiary alicyclic amines) is 1. The van der Waals surface area contributed by atoms with Gasteiger partial charge in [0.25, 0.3) is 5.91 Å². The Labute approximate surface area is 193 Å². The quantitative estimate of drug-likeness (QED) is 0.502. The highest BCUT2D eigenvalue weighted by molar-refractivity contribution is 5.99. The number of halogens is 6. The zero-order valence-corrected chi connectivity index (χ0v) is 19.0. The molecule has 1 fully saturated rings. The fourth-order valence-corrected chi connectivity index (χ4v) is 4.39. The maximum atomic E-state index is 13.8. The molecule has 186 valence electrons. The van der Waals surface area contributed by atoms with Crippen LogP contribution in [-0.4, -0.2) is 36.5 Å². The van der Waals surface area contributed by atoms with Crippen molar-refractivity contribution in [2.45, 2.75) is 50.6 Å². The third kappa shape index (κ3) is 5.32. The van der Waals surface area contributed by atoms with Crippen LogP contribution in [0.3, 0.4) is 0 Å². The predicted molar refractivity (Wildman–Crippen MR) is 115 cm³/mol. The number of alkyl halides is 6. The Morgan fingerprint density at radius 2 is 1.56 bits per heavy atom. The fraction of sp³-hybridized carbons (Fsp3) is 0.458. The number of rotatable bonds is 6. The second kappa shape index (κ2) is 9.48. The van der Waals surface area contributed by atoms with Crippen LogP contribution in [0.25, 0.3) is 0 Å². The molecule has 3 rings (SSSR count). The summed E-state index contributed by atoms with van der Waals surface area (Å²) in [6, 6.07) is 8.37. The van der Waals surface area contributed by atoms with Gasteiger partial charge >= 0.3 is 12.4 Å². The summed E-state index contributed by atoms with van der Waals surface area (Å²) in [4.78, 5) is 15.4. The van der Waals surface area contributed by atoms with Crippen LogP contribution in [0.1, 0.15) is 59.8 Å². The molecule has 10 heteroatoms. The Balaban J connectivity index is 2.11. The minimum absolute atomic E-state index is 0.0550. The van der Waals surface area contributed by atoms with E-state index in [9.17, 15) is 31.1 Å². The first-order chi connectivity index (χ1) is 15.8. The number of hydrogen-bond donors (Lipinski definition) is 1. The van der Waals surface area contributed by atoms with Gasteiger partial charge in [-0.25, -0.2) is 0 Å². The van der Waals surface area contributed by atoms with Crippen molar-refractivity contribution in [3.63, 3.8) is 0 Å². The number of nitrogens with zero attached hydrogens (tertiary/aromatic N) is 1. The maximum Gasteiger partial charge on any atom is 0.417 e. The van der Waals surface area contributed by atoms with Gasteiger partial charge < -0.3 is 10.1 Å². The average Bonchev–Trinajstić information content (AvgIpc) is 3.31. The van der Waals surface area contributed by atoms with Gasteiger partial charge in [0.2, 0.25) is 0 Å². The van der Waals surface area contributed by atoms with Crippen molar-refractivity contribution in [3.05, 3.63) is 64.7 Å². The zero-order valence-electron chi connectivity index (χ0n) is 19.0. The molecule has 34 heavy (non-hydrogen) atoms. The van der Waals surface area contributed by atoms with Gasteiger partial charge in [-0.3, -0.25) is 9.69 Å². The van der Waals surface area contributed by atoms with Crippen molar-refractivity contribution < 1.29 is 35.9 Å². The Kier molecular flexibility index (Phi) is 7.21. The molecule has 1 amide bonds. The lowest BCUT2D eigenvalue weighted by molar-refractivity contribution is -0.143. The molecule has 1 saturated heterocycles. The molecule has 1 heterocycles. The van der Waals surface area contributed by atoms with E-state index in [1.54, 1.807) is 30.3 Å². The number of carbonyl (C=O) groups is 1. The van der Waals surface area contributed by atoms with Crippen molar-refractivity contribution >= 4 is 5.91 Å². The van der Waals surface area contributed by atoms with E-state index in [-0.39, 0.29) is 6.07 Å². The summed E-state index contributed by atoms with van der Waals surface area (Å²) in [6.07, 6.45) is -8.37. The van der Waals surface area contributed by atoms with Crippen LogP contribution in [0.2, 0.25) is 0 Å². The van der Waals surface area contributed by atoms with E-state index in [4.69, 9.17) is 4.74 Å². The Bertz CT molecular complexity index is 1010. The first-order valence-corrected chi connectivity index (χ1v) is 10.7. The van der Waals surface area contributed by atoms with Crippen LogP contribution in [0.5, 0.6) is 5.75 Å². The minimum atomic E-state index is -5.21. The lowest BCUT2D eigenvalue weighted by Gasteiger charge is -2.42. The summed E-state index contributed by atoms with van der Waals surface area (Å²) >= 11 is 0. The normalized spacial score (nSPS) is 16.4. The third-order valence-electron chi connectivity index (χ3n) is 6.22. The smallest absolute Gasteiger partial charge is 0.417 e. The summed E-state index contributed by atoms with van der Waals surface area (Å²) in [7, 11) is 0.926. The molecule has 0 radical (unpaired) electrons. The molecule has 1 atom stereocenters. The molecular formula is C24H26F6N2O2. The molecule has 4 nitrogen and oxygen atoms in total. The predicted octanol–water partition coefficient (Wildman–Crippen LogP) is 6.08. The van der Waals surface area contributed by atoms with E-state index < -0.39 is 52.3 Å². The van der Waals surface area contributed by atoms with Gasteiger partial charge in [-0.15, -0.1) is 0 Å². The van der Waals surface area contributed by atoms with Crippen LogP contribution >= 0.6 is 0 Å². The lowest BCUT2D eigenvalue weighted by atomic mass is 9.86. The number of carbonyl (C=O) groups excluding carboxylic acids is 1. The van der Waals surface area contributed by atoms with Gasteiger partial charge in [0, 0.05) is 5.54 Å². The van der Waals surface area contributed by atoms with E-state index in [1.165, 1.54) is 0 Å². The molecule has 1 N–H and O–H groups in total. The van der Waals surface area contributed by atoms with Crippen molar-refractivity contribution in [2.24, 2.45) is 0 Å². The minimum Gasteiger partial charge on any atom is -0.496 e. The van der Waals surface area contributed by atoms with Gasteiger partial charge in [0.15, 0.2) is 0 Å². The van der Waals surface area contributed by atoms with Crippen LogP contribution in [0.4, 0.5) is 26.3 Å². The van der Waals surface area contributed by atoms with Crippen molar-refractivity contribution in [3.8, 4) is 5.75 Å². The van der Waals surface area contributed by atoms with E-state index >= 15 is 0 Å². The summed E-state index contributed by atoms with van der Waals surface area (Å²) in [5.74, 6) is -1.97. The number of amides is 1. The van der Waals surface area contributed by atoms with E-state index in [0.29, 0.717) is 11.6 Å². The molecule has 0 saturated carbocycles. The first kappa shape index (κ1) is 25.9. The van der Waals surface area contributed by atoms with Crippen LogP contribution < -0.4 is 10.1 Å². The molecule has 0 aliphatic carbocycles. The monoisotopic (exact) mass is 488 g/mol. The third-order valence-corrected chi connectivity index (χ3v) is 6.22. The number of nitrogens with one attached hydrogen (secondary N) is 1. The average molecular weight is 488 g/mol. The molecule has 0 aromatic heterocycles. The SMILES string of the molecule is COc1cc(C(F)(F)F)cc(C(F)(F)F)c1C(=O)NC(c1ccccc1)C(C)(C)N1CCCC1. The second-order valence-corrected chi connectivity index (χ2v) is 8.76. The van der Waals surface area contributed by atoms with Gasteiger partial charge in [-0.1, -0.05) is 30.3 Å². The molecule has 1 unspecified atom stereocenters. The van der Waals surface area contributed by atoms with Gasteiger partial charge in [-0.2, -0.15) is 26.3 Å². The van der Waals surface area contributed by atoms with E-state index in [1.807, 2.05) is 13.8 Å². The van der Waals surface area contributed by atoms with Crippen molar-refractivity contribution in [1.29, 1.82) is 0 Å². The lowest BCUT2D eigenvalue weighted by Crippen LogP contribution is -2.53. The second-order valence-electron chi connectivity index (χ2n) is 8.76. The summed E-state index contributed by atoms with van der Waals surface area (Å²) in [5, 5.41) is 2.67. The van der Waals surface area contributed by atoms with Crippen molar-refractivity contribution in [2.75, 3.05) is 20.2 Å². The Morgan fingerprint density at radius 1 is 0.971 bits per heavy atom. The number of benzene rings is 2. The standard InChI is InChI=1S/C24H26F6N2O2/c1-22(2,32-11-7-8-12-32)20(15-9-5-4-6-10-15)31-21(33)19-17(24(28,29)30)13-16(23(25,26)27)14-18(19)34-3/h4-6,9-10,13-14,20H,7-8,11-12H2,1-3H3,(H,31,33).